The number of hydrogen-bond acceptors (Lipinski definition) is 5. The van der Waals surface area contributed by atoms with Gasteiger partial charge in [0.05, 0.1) is 0 Å². The third-order valence-corrected chi connectivity index (χ3v) is 4.05. The first-order valence-corrected chi connectivity index (χ1v) is 7.82. The van der Waals surface area contributed by atoms with Crippen molar-refractivity contribution >= 4 is 0 Å². The third kappa shape index (κ3) is 4.10. The summed E-state index contributed by atoms with van der Waals surface area (Å²) in [5, 5.41) is 9.26. The van der Waals surface area contributed by atoms with Crippen LogP contribution in [0.2, 0.25) is 0 Å². The van der Waals surface area contributed by atoms with Crippen molar-refractivity contribution in [2.75, 3.05) is 13.1 Å². The van der Waals surface area contributed by atoms with Gasteiger partial charge in [-0.05, 0) is 25.3 Å². The number of aryl methyl sites for hydroxylation is 1. The van der Waals surface area contributed by atoms with Crippen LogP contribution in [0.25, 0.3) is 0 Å². The molecule has 122 valence electrons. The molecule has 6 heteroatoms. The van der Waals surface area contributed by atoms with Gasteiger partial charge in [-0.2, -0.15) is 0 Å². The zero-order valence-corrected chi connectivity index (χ0v) is 13.2. The minimum atomic E-state index is -0.345. The molecule has 0 radical (unpaired) electrons. The number of piperidine rings is 1. The normalized spacial score (nSPS) is 16.4. The van der Waals surface area contributed by atoms with E-state index in [0.717, 1.165) is 37.2 Å². The number of aromatic hydroxyl groups is 1. The Hall–Kier alpha value is -2.34. The first kappa shape index (κ1) is 15.6. The Morgan fingerprint density at radius 1 is 1.39 bits per heavy atom. The lowest BCUT2D eigenvalue weighted by Gasteiger charge is -2.31. The molecule has 0 aromatic carbocycles. The van der Waals surface area contributed by atoms with E-state index in [2.05, 4.69) is 14.9 Å². The highest BCUT2D eigenvalue weighted by atomic mass is 16.5. The van der Waals surface area contributed by atoms with Gasteiger partial charge in [0.15, 0.2) is 5.75 Å². The molecule has 2 N–H and O–H groups in total. The van der Waals surface area contributed by atoms with Crippen LogP contribution in [-0.4, -0.2) is 39.2 Å². The molecule has 1 aliphatic rings. The average Bonchev–Trinajstić information content (AvgIpc) is 2.55. The lowest BCUT2D eigenvalue weighted by molar-refractivity contribution is 0.0925. The van der Waals surface area contributed by atoms with Gasteiger partial charge < -0.3 is 14.8 Å². The predicted molar refractivity (Wildman–Crippen MR) is 86.6 cm³/mol. The monoisotopic (exact) mass is 315 g/mol. The fourth-order valence-electron chi connectivity index (χ4n) is 2.72. The Morgan fingerprint density at radius 2 is 2.17 bits per heavy atom. The maximum absolute atomic E-state index is 11.4. The zero-order chi connectivity index (χ0) is 16.2. The smallest absolute Gasteiger partial charge is 0.223 e. The number of hydrogen-bond donors (Lipinski definition) is 2. The topological polar surface area (TPSA) is 78.5 Å². The van der Waals surface area contributed by atoms with Crippen LogP contribution in [0, 0.1) is 6.92 Å². The molecule has 0 saturated carbocycles. The molecule has 0 spiro atoms. The van der Waals surface area contributed by atoms with E-state index in [0.29, 0.717) is 12.4 Å². The van der Waals surface area contributed by atoms with Gasteiger partial charge in [0.1, 0.15) is 6.10 Å². The fraction of sp³-hybridized carbons (Fsp3) is 0.412. The van der Waals surface area contributed by atoms with Crippen molar-refractivity contribution in [2.45, 2.75) is 32.4 Å². The lowest BCUT2D eigenvalue weighted by atomic mass is 10.1. The maximum atomic E-state index is 11.4. The Kier molecular flexibility index (Phi) is 4.62. The number of H-pyrrole nitrogens is 1. The second kappa shape index (κ2) is 6.83. The van der Waals surface area contributed by atoms with Crippen LogP contribution in [0.4, 0.5) is 0 Å². The minimum Gasteiger partial charge on any atom is -0.503 e. The molecule has 0 atom stereocenters. The van der Waals surface area contributed by atoms with E-state index in [1.165, 1.54) is 12.3 Å². The minimum absolute atomic E-state index is 0.181. The average molecular weight is 315 g/mol. The van der Waals surface area contributed by atoms with E-state index in [1.54, 1.807) is 0 Å². The number of likely N-dealkylation sites (tertiary alicyclic amines) is 1. The van der Waals surface area contributed by atoms with Gasteiger partial charge in [0.2, 0.25) is 11.3 Å². The van der Waals surface area contributed by atoms with Crippen LogP contribution in [0.3, 0.4) is 0 Å². The van der Waals surface area contributed by atoms with Crippen LogP contribution in [-0.2, 0) is 6.54 Å². The summed E-state index contributed by atoms with van der Waals surface area (Å²) in [5.41, 5.74) is 1.59. The molecule has 1 aliphatic heterocycles. The summed E-state index contributed by atoms with van der Waals surface area (Å²) < 4.78 is 5.92. The number of aromatic amines is 1. The number of nitrogens with one attached hydrogen (secondary N) is 1. The molecular weight excluding hydrogens is 294 g/mol. The molecule has 23 heavy (non-hydrogen) atoms. The van der Waals surface area contributed by atoms with Gasteiger partial charge in [0, 0.05) is 49.9 Å². The highest BCUT2D eigenvalue weighted by Gasteiger charge is 2.21. The Labute approximate surface area is 134 Å². The standard InChI is InChI=1S/C17H21N3O3/c1-12-2-3-17(19-9-12)23-14-4-6-20(7-5-14)11-13-8-15(21)16(22)10-18-13/h2-3,8-10,14,22H,4-7,11H2,1H3,(H,18,21). The first-order chi connectivity index (χ1) is 11.1. The maximum Gasteiger partial charge on any atom is 0.223 e. The molecular formula is C17H21N3O3. The van der Waals surface area contributed by atoms with E-state index < -0.39 is 0 Å². The van der Waals surface area contributed by atoms with Gasteiger partial charge in [-0.3, -0.25) is 9.69 Å². The summed E-state index contributed by atoms with van der Waals surface area (Å²) in [7, 11) is 0. The zero-order valence-electron chi connectivity index (χ0n) is 13.2. The Morgan fingerprint density at radius 3 is 2.83 bits per heavy atom. The second-order valence-corrected chi connectivity index (χ2v) is 5.97. The van der Waals surface area contributed by atoms with Crippen molar-refractivity contribution in [1.29, 1.82) is 0 Å². The number of aromatic nitrogens is 2. The molecule has 0 unspecified atom stereocenters. The molecule has 2 aromatic heterocycles. The summed E-state index contributed by atoms with van der Waals surface area (Å²) >= 11 is 0. The Bertz CT molecular complexity index is 704. The summed E-state index contributed by atoms with van der Waals surface area (Å²) in [4.78, 5) is 20.9. The second-order valence-electron chi connectivity index (χ2n) is 5.97. The molecule has 1 fully saturated rings. The lowest BCUT2D eigenvalue weighted by Crippen LogP contribution is -2.38. The van der Waals surface area contributed by atoms with Crippen LogP contribution >= 0.6 is 0 Å². The van der Waals surface area contributed by atoms with Gasteiger partial charge >= 0.3 is 0 Å². The quantitative estimate of drug-likeness (QED) is 0.900. The molecule has 0 aliphatic carbocycles. The molecule has 1 saturated heterocycles. The van der Waals surface area contributed by atoms with Crippen molar-refractivity contribution in [1.82, 2.24) is 14.9 Å². The van der Waals surface area contributed by atoms with E-state index >= 15 is 0 Å². The predicted octanol–water partition coefficient (Wildman–Crippen LogP) is 1.83. The highest BCUT2D eigenvalue weighted by molar-refractivity contribution is 5.18. The number of rotatable bonds is 4. The van der Waals surface area contributed by atoms with Crippen molar-refractivity contribution in [3.63, 3.8) is 0 Å². The van der Waals surface area contributed by atoms with E-state index in [4.69, 9.17) is 4.74 Å². The first-order valence-electron chi connectivity index (χ1n) is 7.82. The van der Waals surface area contributed by atoms with Gasteiger partial charge in [-0.15, -0.1) is 0 Å². The van der Waals surface area contributed by atoms with Crippen LogP contribution in [0.15, 0.2) is 35.4 Å². The van der Waals surface area contributed by atoms with Gasteiger partial charge in [-0.25, -0.2) is 4.98 Å². The highest BCUT2D eigenvalue weighted by Crippen LogP contribution is 2.18. The molecule has 0 bridgehead atoms. The van der Waals surface area contributed by atoms with Crippen LogP contribution in [0.1, 0.15) is 24.1 Å². The molecule has 3 rings (SSSR count). The van der Waals surface area contributed by atoms with E-state index in [1.807, 2.05) is 25.3 Å². The molecule has 0 amide bonds. The molecule has 2 aromatic rings. The number of pyridine rings is 2. The van der Waals surface area contributed by atoms with E-state index in [-0.39, 0.29) is 17.3 Å². The largest absolute Gasteiger partial charge is 0.503 e. The Balaban J connectivity index is 1.51. The van der Waals surface area contributed by atoms with Crippen molar-refractivity contribution in [3.8, 4) is 11.6 Å². The van der Waals surface area contributed by atoms with Crippen LogP contribution < -0.4 is 10.2 Å². The van der Waals surface area contributed by atoms with Crippen LogP contribution in [0.5, 0.6) is 11.6 Å². The SMILES string of the molecule is Cc1ccc(OC2CCN(Cc3cc(=O)c(O)c[nH]3)CC2)nc1. The summed E-state index contributed by atoms with van der Waals surface area (Å²) in [5.74, 6) is 0.434. The van der Waals surface area contributed by atoms with Gasteiger partial charge in [0.25, 0.3) is 0 Å². The summed E-state index contributed by atoms with van der Waals surface area (Å²) in [6, 6.07) is 5.36. The summed E-state index contributed by atoms with van der Waals surface area (Å²) in [6.07, 6.45) is 5.19. The van der Waals surface area contributed by atoms with Gasteiger partial charge in [-0.1, -0.05) is 6.07 Å². The molecule has 6 nitrogen and oxygen atoms in total. The number of ether oxygens (including phenoxy) is 1. The van der Waals surface area contributed by atoms with Crippen molar-refractivity contribution < 1.29 is 9.84 Å². The summed E-state index contributed by atoms with van der Waals surface area (Å²) in [6.45, 7) is 4.48. The third-order valence-electron chi connectivity index (χ3n) is 4.05. The van der Waals surface area contributed by atoms with Crippen molar-refractivity contribution in [2.24, 2.45) is 0 Å². The fourth-order valence-corrected chi connectivity index (χ4v) is 2.72. The van der Waals surface area contributed by atoms with E-state index in [9.17, 15) is 9.90 Å². The molecule has 3 heterocycles. The number of nitrogens with zero attached hydrogens (tertiary/aromatic N) is 2. The van der Waals surface area contributed by atoms with Crippen molar-refractivity contribution in [3.05, 3.63) is 52.1 Å².